The van der Waals surface area contributed by atoms with Gasteiger partial charge in [-0.2, -0.15) is 0 Å². The van der Waals surface area contributed by atoms with E-state index in [2.05, 4.69) is 5.32 Å². The van der Waals surface area contributed by atoms with Gasteiger partial charge in [-0.3, -0.25) is 14.9 Å². The van der Waals surface area contributed by atoms with Crippen molar-refractivity contribution in [3.63, 3.8) is 0 Å². The Morgan fingerprint density at radius 2 is 1.67 bits per heavy atom. The molecule has 6 heteroatoms. The van der Waals surface area contributed by atoms with E-state index in [1.807, 2.05) is 24.3 Å². The number of rotatable bonds is 4. The summed E-state index contributed by atoms with van der Waals surface area (Å²) in [6, 6.07) is 6.57. The third-order valence-corrected chi connectivity index (χ3v) is 3.74. The van der Waals surface area contributed by atoms with Crippen LogP contribution >= 0.6 is 0 Å². The van der Waals surface area contributed by atoms with Gasteiger partial charge in [-0.1, -0.05) is 12.1 Å². The van der Waals surface area contributed by atoms with Crippen molar-refractivity contribution in [1.29, 1.82) is 0 Å². The second-order valence-corrected chi connectivity index (χ2v) is 4.86. The van der Waals surface area contributed by atoms with Gasteiger partial charge in [-0.15, -0.1) is 0 Å². The highest BCUT2D eigenvalue weighted by atomic mass is 16.5. The van der Waals surface area contributed by atoms with Gasteiger partial charge in [-0.05, 0) is 24.1 Å². The number of esters is 2. The molecule has 0 saturated carbocycles. The highest BCUT2D eigenvalue weighted by molar-refractivity contribution is 5.80. The van der Waals surface area contributed by atoms with Gasteiger partial charge in [0.15, 0.2) is 0 Å². The number of carbonyl (C=O) groups is 2. The SMILES string of the molecule is COC(=O)[C@H]1C[C@H](C(=O)OC)N[C@@H]1c1ccc(OC)cc1. The van der Waals surface area contributed by atoms with Gasteiger partial charge in [0.05, 0.1) is 27.2 Å². The zero-order valence-corrected chi connectivity index (χ0v) is 12.3. The van der Waals surface area contributed by atoms with Crippen LogP contribution in [0.2, 0.25) is 0 Å². The van der Waals surface area contributed by atoms with Crippen LogP contribution in [0.1, 0.15) is 18.0 Å². The van der Waals surface area contributed by atoms with E-state index in [-0.39, 0.29) is 18.0 Å². The van der Waals surface area contributed by atoms with Crippen LogP contribution in [0, 0.1) is 5.92 Å². The fourth-order valence-corrected chi connectivity index (χ4v) is 2.62. The van der Waals surface area contributed by atoms with E-state index >= 15 is 0 Å². The van der Waals surface area contributed by atoms with Crippen molar-refractivity contribution >= 4 is 11.9 Å². The molecule has 0 spiro atoms. The van der Waals surface area contributed by atoms with E-state index in [0.29, 0.717) is 6.42 Å². The van der Waals surface area contributed by atoms with E-state index in [4.69, 9.17) is 14.2 Å². The number of benzene rings is 1. The molecule has 0 aromatic heterocycles. The molecule has 6 nitrogen and oxygen atoms in total. The molecule has 0 amide bonds. The van der Waals surface area contributed by atoms with Gasteiger partial charge in [0, 0.05) is 6.04 Å². The molecule has 0 aliphatic carbocycles. The molecule has 1 heterocycles. The summed E-state index contributed by atoms with van der Waals surface area (Å²) in [7, 11) is 4.27. The summed E-state index contributed by atoms with van der Waals surface area (Å²) in [4.78, 5) is 23.6. The van der Waals surface area contributed by atoms with Crippen LogP contribution in [0.3, 0.4) is 0 Å². The first-order chi connectivity index (χ1) is 10.1. The summed E-state index contributed by atoms with van der Waals surface area (Å²) in [6.07, 6.45) is 0.357. The average molecular weight is 293 g/mol. The molecule has 21 heavy (non-hydrogen) atoms. The highest BCUT2D eigenvalue weighted by Gasteiger charge is 2.43. The topological polar surface area (TPSA) is 73.9 Å². The van der Waals surface area contributed by atoms with Crippen LogP contribution in [0.5, 0.6) is 5.75 Å². The number of methoxy groups -OCH3 is 3. The molecule has 0 radical (unpaired) electrons. The minimum absolute atomic E-state index is 0.285. The Bertz CT molecular complexity index is 513. The molecule has 1 saturated heterocycles. The molecule has 0 unspecified atom stereocenters. The second kappa shape index (κ2) is 6.58. The molecule has 3 atom stereocenters. The first kappa shape index (κ1) is 15.3. The molecule has 1 aromatic rings. The van der Waals surface area contributed by atoms with E-state index < -0.39 is 12.0 Å². The highest BCUT2D eigenvalue weighted by Crippen LogP contribution is 2.34. The second-order valence-electron chi connectivity index (χ2n) is 4.86. The van der Waals surface area contributed by atoms with Crippen LogP contribution in [0.15, 0.2) is 24.3 Å². The van der Waals surface area contributed by atoms with Gasteiger partial charge in [0.1, 0.15) is 11.8 Å². The molecular weight excluding hydrogens is 274 g/mol. The molecule has 1 aliphatic rings. The van der Waals surface area contributed by atoms with Gasteiger partial charge >= 0.3 is 11.9 Å². The monoisotopic (exact) mass is 293 g/mol. The molecule has 1 fully saturated rings. The van der Waals surface area contributed by atoms with Gasteiger partial charge < -0.3 is 14.2 Å². The summed E-state index contributed by atoms with van der Waals surface area (Å²) in [5.41, 5.74) is 0.901. The number of nitrogens with one attached hydrogen (secondary N) is 1. The normalized spacial score (nSPS) is 24.4. The maximum Gasteiger partial charge on any atom is 0.322 e. The van der Waals surface area contributed by atoms with Crippen molar-refractivity contribution in [3.05, 3.63) is 29.8 Å². The number of carbonyl (C=O) groups excluding carboxylic acids is 2. The fourth-order valence-electron chi connectivity index (χ4n) is 2.62. The first-order valence-electron chi connectivity index (χ1n) is 6.66. The Kier molecular flexibility index (Phi) is 4.80. The minimum atomic E-state index is -0.508. The lowest BCUT2D eigenvalue weighted by Crippen LogP contribution is -2.33. The molecule has 1 N–H and O–H groups in total. The summed E-state index contributed by atoms with van der Waals surface area (Å²) >= 11 is 0. The predicted octanol–water partition coefficient (Wildman–Crippen LogP) is 1.06. The van der Waals surface area contributed by atoms with E-state index in [1.165, 1.54) is 14.2 Å². The smallest absolute Gasteiger partial charge is 0.322 e. The Labute approximate surface area is 123 Å². The summed E-state index contributed by atoms with van der Waals surface area (Å²) in [5.74, 6) is -0.405. The predicted molar refractivity (Wildman–Crippen MR) is 74.8 cm³/mol. The van der Waals surface area contributed by atoms with Gasteiger partial charge in [0.25, 0.3) is 0 Å². The van der Waals surface area contributed by atoms with Crippen LogP contribution in [-0.4, -0.2) is 39.3 Å². The Morgan fingerprint density at radius 1 is 1.05 bits per heavy atom. The molecular formula is C15H19NO5. The number of ether oxygens (including phenoxy) is 3. The van der Waals surface area contributed by atoms with Gasteiger partial charge in [-0.25, -0.2) is 0 Å². The zero-order chi connectivity index (χ0) is 15.4. The lowest BCUT2D eigenvalue weighted by Gasteiger charge is -2.18. The molecule has 2 rings (SSSR count). The average Bonchev–Trinajstić information content (AvgIpc) is 2.98. The lowest BCUT2D eigenvalue weighted by atomic mass is 9.93. The third kappa shape index (κ3) is 3.16. The molecule has 114 valence electrons. The quantitative estimate of drug-likeness (QED) is 0.837. The molecule has 1 aromatic carbocycles. The Hall–Kier alpha value is -2.08. The van der Waals surface area contributed by atoms with Crippen molar-refractivity contribution in [2.75, 3.05) is 21.3 Å². The van der Waals surface area contributed by atoms with Gasteiger partial charge in [0.2, 0.25) is 0 Å². The van der Waals surface area contributed by atoms with E-state index in [0.717, 1.165) is 11.3 Å². The van der Waals surface area contributed by atoms with E-state index in [9.17, 15) is 9.59 Å². The fraction of sp³-hybridized carbons (Fsp3) is 0.467. The number of hydrogen-bond donors (Lipinski definition) is 1. The summed E-state index contributed by atoms with van der Waals surface area (Å²) in [6.45, 7) is 0. The summed E-state index contributed by atoms with van der Waals surface area (Å²) in [5, 5.41) is 3.14. The molecule has 1 aliphatic heterocycles. The third-order valence-electron chi connectivity index (χ3n) is 3.74. The van der Waals surface area contributed by atoms with Crippen molar-refractivity contribution in [2.24, 2.45) is 5.92 Å². The van der Waals surface area contributed by atoms with Crippen molar-refractivity contribution < 1.29 is 23.8 Å². The lowest BCUT2D eigenvalue weighted by molar-refractivity contribution is -0.146. The first-order valence-corrected chi connectivity index (χ1v) is 6.66. The van der Waals surface area contributed by atoms with Crippen LogP contribution in [0.4, 0.5) is 0 Å². The summed E-state index contributed by atoms with van der Waals surface area (Å²) < 4.78 is 14.7. The maximum atomic E-state index is 11.9. The Morgan fingerprint density at radius 3 is 2.19 bits per heavy atom. The molecule has 0 bridgehead atoms. The standard InChI is InChI=1S/C15H19NO5/c1-19-10-6-4-9(5-7-10)13-11(14(17)20-2)8-12(16-13)15(18)21-3/h4-7,11-13,16H,8H2,1-3H3/t11-,12+,13+/m0/s1. The van der Waals surface area contributed by atoms with Crippen LogP contribution in [0.25, 0.3) is 0 Å². The van der Waals surface area contributed by atoms with Crippen LogP contribution < -0.4 is 10.1 Å². The minimum Gasteiger partial charge on any atom is -0.497 e. The van der Waals surface area contributed by atoms with Crippen molar-refractivity contribution in [2.45, 2.75) is 18.5 Å². The largest absolute Gasteiger partial charge is 0.497 e. The maximum absolute atomic E-state index is 11.9. The number of hydrogen-bond acceptors (Lipinski definition) is 6. The zero-order valence-electron chi connectivity index (χ0n) is 12.3. The van der Waals surface area contributed by atoms with E-state index in [1.54, 1.807) is 7.11 Å². The van der Waals surface area contributed by atoms with Crippen LogP contribution in [-0.2, 0) is 19.1 Å². The Balaban J connectivity index is 2.24. The van der Waals surface area contributed by atoms with Crippen molar-refractivity contribution in [1.82, 2.24) is 5.32 Å². The van der Waals surface area contributed by atoms with Crippen molar-refractivity contribution in [3.8, 4) is 5.75 Å².